The molecule has 0 radical (unpaired) electrons. The van der Waals surface area contributed by atoms with Crippen LogP contribution in [0.15, 0.2) is 54.3 Å². The Balaban J connectivity index is 0.0000000911. The SMILES string of the molecule is CC(=O)N1CCC(n2c3c(c4c(N)ncnc42)-c2noc(C4CC4)c2C(C)CC3)C1.CC1CCc2c(c3c(N)ncnc3n2C(C)C)-c2noc(C3CC3)c21.CC1CCc2c(c3c(N)ncnc3n2C2CC(CO)C2)-c2noc(C3CC3)c21.C[C@@H]1CCc2c(c3c(N)ncnc3n2C2CCNC2)-c2noc(C3CC3)c21.C[C@H]1CCc2c(c3c(N)ncnc3n2C2CCNC2)-c2noc(C3CC3)c21. The number of nitrogen functional groups attached to an aromatic ring is 5. The second-order valence-electron chi connectivity index (χ2n) is 42.3. The van der Waals surface area contributed by atoms with Gasteiger partial charge in [0, 0.05) is 178 Å². The second-order valence-corrected chi connectivity index (χ2v) is 42.3. The number of fused-ring (bicyclic) bond motifs is 25. The fraction of sp³-hybridized carbons (Fsp3) is 0.549. The van der Waals surface area contributed by atoms with Gasteiger partial charge in [-0.1, -0.05) is 60.4 Å². The highest BCUT2D eigenvalue weighted by Gasteiger charge is 2.48. The molecular formula is C102H122N28O7. The van der Waals surface area contributed by atoms with Crippen LogP contribution < -0.4 is 39.3 Å². The first kappa shape index (κ1) is 86.1. The molecule has 3 saturated heterocycles. The van der Waals surface area contributed by atoms with Gasteiger partial charge in [0.05, 0.1) is 33.0 Å². The lowest BCUT2D eigenvalue weighted by Crippen LogP contribution is -2.30. The summed E-state index contributed by atoms with van der Waals surface area (Å²) < 4.78 is 41.2. The Labute approximate surface area is 791 Å². The van der Waals surface area contributed by atoms with Gasteiger partial charge in [0.15, 0.2) is 0 Å². The van der Waals surface area contributed by atoms with E-state index >= 15 is 0 Å². The molecule has 6 unspecified atom stereocenters. The number of aromatic nitrogens is 20. The number of rotatable bonds is 11. The number of nitrogens with two attached hydrogens (primary N) is 5. The molecule has 0 spiro atoms. The zero-order chi connectivity index (χ0) is 93.1. The minimum absolute atomic E-state index is 0.121. The number of nitrogens with zero attached hydrogens (tertiary/aromatic N) is 21. The van der Waals surface area contributed by atoms with E-state index in [0.717, 1.165) is 269 Å². The van der Waals surface area contributed by atoms with Crippen molar-refractivity contribution < 1.29 is 32.5 Å². The van der Waals surface area contributed by atoms with E-state index in [-0.39, 0.29) is 18.6 Å². The maximum atomic E-state index is 12.0. The highest BCUT2D eigenvalue weighted by Crippen LogP contribution is 2.59. The standard InChI is InChI=1S/C22H26N6O2.C21H25N5O2.2C20H24N6O.C19H23N5O/c1-11-3-6-15-17(19-16(11)20(30-26-19)13-4-5-13)18-21(23)24-10-25-22(18)28(15)14-7-8-27(9-14)12(2)29;1-10-2-5-14-16(18-15(10)19(28-25-18)12-3-4-12)17-20(22)23-9-24-21(17)26(14)13-6-11(7-13)8-27;2*1-10-2-5-13-15(17-14(10)18(27-25-17)11-3-4-11)16-19(21)23-9-24-20(16)26(13)12-6-7-22-8-12;1-9(2)24-12-7-4-10(3)13-16(23-25-17(13)11-5-6-11)14(12)15-18(20)21-8-22-19(15)24/h10-11,13-14H,3-9H2,1-2H3,(H2,23,24,25);9-13,27H,2-8H2,1H3,(H2,22,23,24);2*9-12,22H,2-8H2,1H3,(H2,21,23,24);8-11H,4-7H2,1-3H3,(H2,20,21,22)/t;;2*10-,12?;/m..10./s1. The Bertz CT molecular complexity index is 7120. The molecule has 9 fully saturated rings. The number of hydrogen-bond acceptors (Lipinski definition) is 29. The van der Waals surface area contributed by atoms with Crippen molar-refractivity contribution in [1.29, 1.82) is 0 Å². The van der Waals surface area contributed by atoms with Crippen LogP contribution in [0.3, 0.4) is 0 Å². The second kappa shape index (κ2) is 33.4. The molecule has 137 heavy (non-hydrogen) atoms. The summed E-state index contributed by atoms with van der Waals surface area (Å²) in [7, 11) is 0. The number of carbonyl (C=O) groups excluding carboxylic acids is 1. The molecule has 11 aliphatic carbocycles. The summed E-state index contributed by atoms with van der Waals surface area (Å²) in [5.74, 6) is 13.3. The monoisotopic (exact) mass is 1850 g/mol. The number of amides is 1. The number of aliphatic hydroxyl groups is 1. The Kier molecular flexibility index (Phi) is 21.0. The van der Waals surface area contributed by atoms with E-state index in [2.05, 4.69) is 158 Å². The molecule has 18 heterocycles. The number of anilines is 5. The van der Waals surface area contributed by atoms with Crippen LogP contribution >= 0.6 is 0 Å². The molecule has 712 valence electrons. The van der Waals surface area contributed by atoms with Crippen molar-refractivity contribution in [3.05, 3.63) is 117 Å². The van der Waals surface area contributed by atoms with Crippen molar-refractivity contribution in [2.75, 3.05) is 74.5 Å². The first-order chi connectivity index (χ1) is 66.8. The lowest BCUT2D eigenvalue weighted by molar-refractivity contribution is -0.127. The topological polar surface area (TPSA) is 478 Å². The first-order valence-electron chi connectivity index (χ1n) is 50.7. The first-order valence-corrected chi connectivity index (χ1v) is 50.7. The van der Waals surface area contributed by atoms with Crippen molar-refractivity contribution in [3.8, 4) is 56.3 Å². The van der Waals surface area contributed by atoms with Gasteiger partial charge in [-0.05, 0) is 223 Å². The highest BCUT2D eigenvalue weighted by molar-refractivity contribution is 6.07. The van der Waals surface area contributed by atoms with E-state index in [1.54, 1.807) is 32.2 Å². The molecule has 14 aliphatic rings. The van der Waals surface area contributed by atoms with E-state index in [1.807, 2.05) is 4.90 Å². The van der Waals surface area contributed by atoms with Gasteiger partial charge in [0.2, 0.25) is 5.91 Å². The zero-order valence-electron chi connectivity index (χ0n) is 79.4. The summed E-state index contributed by atoms with van der Waals surface area (Å²) in [6.07, 6.45) is 35.1. The number of aliphatic hydroxyl groups excluding tert-OH is 1. The molecule has 8 atom stereocenters. The van der Waals surface area contributed by atoms with Crippen LogP contribution in [0, 0.1) is 5.92 Å². The summed E-state index contributed by atoms with van der Waals surface area (Å²) in [5.41, 5.74) is 59.3. The molecule has 15 aromatic rings. The minimum Gasteiger partial charge on any atom is -0.396 e. The maximum absolute atomic E-state index is 12.0. The normalized spacial score (nSPS) is 24.0. The smallest absolute Gasteiger partial charge is 0.219 e. The molecule has 0 bridgehead atoms. The van der Waals surface area contributed by atoms with E-state index in [0.29, 0.717) is 125 Å². The molecule has 35 nitrogen and oxygen atoms in total. The van der Waals surface area contributed by atoms with Gasteiger partial charge in [-0.15, -0.1) is 0 Å². The summed E-state index contributed by atoms with van der Waals surface area (Å²) in [4.78, 5) is 58.5. The largest absolute Gasteiger partial charge is 0.396 e. The fourth-order valence-electron chi connectivity index (χ4n) is 25.2. The van der Waals surface area contributed by atoms with E-state index in [4.69, 9.17) is 51.3 Å². The Morgan fingerprint density at radius 3 is 0.920 bits per heavy atom. The lowest BCUT2D eigenvalue weighted by atomic mass is 9.80. The van der Waals surface area contributed by atoms with Crippen LogP contribution in [-0.2, 0) is 36.9 Å². The van der Waals surface area contributed by atoms with Crippen LogP contribution in [0.4, 0.5) is 29.1 Å². The maximum Gasteiger partial charge on any atom is 0.219 e. The average Bonchev–Trinajstić information content (AvgIpc) is 1.48. The van der Waals surface area contributed by atoms with E-state index < -0.39 is 0 Å². The van der Waals surface area contributed by atoms with Gasteiger partial charge in [-0.25, -0.2) is 49.8 Å². The van der Waals surface area contributed by atoms with Gasteiger partial charge < -0.3 is 94.8 Å². The molecule has 15 aromatic heterocycles. The van der Waals surface area contributed by atoms with Crippen molar-refractivity contribution in [2.45, 2.75) is 305 Å². The summed E-state index contributed by atoms with van der Waals surface area (Å²) in [6.45, 7) is 23.2. The Morgan fingerprint density at radius 1 is 0.372 bits per heavy atom. The molecule has 13 N–H and O–H groups in total. The number of hydrogen-bond donors (Lipinski definition) is 8. The average molecular weight is 1850 g/mol. The molecule has 0 aromatic carbocycles. The van der Waals surface area contributed by atoms with Gasteiger partial charge in [0.1, 0.15) is 146 Å². The van der Waals surface area contributed by atoms with Crippen molar-refractivity contribution >= 4 is 90.2 Å². The van der Waals surface area contributed by atoms with Crippen LogP contribution in [0.5, 0.6) is 0 Å². The third-order valence-corrected chi connectivity index (χ3v) is 32.9. The molecule has 29 rings (SSSR count). The molecular weight excluding hydrogens is 1730 g/mol. The van der Waals surface area contributed by atoms with Crippen LogP contribution in [0.1, 0.15) is 358 Å². The van der Waals surface area contributed by atoms with Crippen molar-refractivity contribution in [3.63, 3.8) is 0 Å². The van der Waals surface area contributed by atoms with Crippen LogP contribution in [-0.4, -0.2) is 160 Å². The van der Waals surface area contributed by atoms with Crippen LogP contribution in [0.2, 0.25) is 0 Å². The van der Waals surface area contributed by atoms with E-state index in [1.165, 1.54) is 127 Å². The summed E-state index contributed by atoms with van der Waals surface area (Å²) in [6, 6.07) is 1.63. The molecule has 3 aliphatic heterocycles. The zero-order valence-corrected chi connectivity index (χ0v) is 79.4. The van der Waals surface area contributed by atoms with E-state index in [9.17, 15) is 9.90 Å². The lowest BCUT2D eigenvalue weighted by Gasteiger charge is -2.36. The van der Waals surface area contributed by atoms with Crippen molar-refractivity contribution in [2.24, 2.45) is 5.92 Å². The Hall–Kier alpha value is -12.5. The van der Waals surface area contributed by atoms with Gasteiger partial charge in [-0.2, -0.15) is 0 Å². The third kappa shape index (κ3) is 14.1. The highest BCUT2D eigenvalue weighted by atomic mass is 16.5. The fourth-order valence-corrected chi connectivity index (χ4v) is 25.2. The summed E-state index contributed by atoms with van der Waals surface area (Å²) in [5, 5.41) is 43.9. The number of nitrogens with one attached hydrogen (secondary N) is 2. The number of carbonyl (C=O) groups is 1. The van der Waals surface area contributed by atoms with Crippen LogP contribution in [0.25, 0.3) is 111 Å². The number of likely N-dealkylation sites (tertiary alicyclic amines) is 1. The summed E-state index contributed by atoms with van der Waals surface area (Å²) >= 11 is 0. The van der Waals surface area contributed by atoms with Gasteiger partial charge in [-0.3, -0.25) is 4.79 Å². The quantitative estimate of drug-likeness (QED) is 0.0596. The Morgan fingerprint density at radius 2 is 0.650 bits per heavy atom. The van der Waals surface area contributed by atoms with Gasteiger partial charge in [0.25, 0.3) is 0 Å². The molecule has 35 heteroatoms. The minimum atomic E-state index is 0.121. The predicted molar refractivity (Wildman–Crippen MR) is 519 cm³/mol. The predicted octanol–water partition coefficient (Wildman–Crippen LogP) is 17.4. The van der Waals surface area contributed by atoms with Crippen molar-refractivity contribution in [1.82, 2.24) is 114 Å². The molecule has 1 amide bonds. The van der Waals surface area contributed by atoms with Gasteiger partial charge >= 0.3 is 0 Å². The third-order valence-electron chi connectivity index (χ3n) is 32.9. The molecule has 6 saturated carbocycles.